The van der Waals surface area contributed by atoms with Crippen LogP contribution < -0.4 is 14.8 Å². The normalized spacial score (nSPS) is 25.1. The molecule has 1 heterocycles. The third-order valence-electron chi connectivity index (χ3n) is 4.08. The summed E-state index contributed by atoms with van der Waals surface area (Å²) in [7, 11) is 0. The van der Waals surface area contributed by atoms with Crippen molar-refractivity contribution >= 4 is 5.91 Å². The number of rotatable bonds is 2. The maximum absolute atomic E-state index is 12.3. The summed E-state index contributed by atoms with van der Waals surface area (Å²) in [6.45, 7) is 3.36. The van der Waals surface area contributed by atoms with Crippen LogP contribution in [0.3, 0.4) is 0 Å². The molecule has 0 bridgehead atoms. The molecule has 1 aliphatic heterocycles. The Morgan fingerprint density at radius 3 is 2.80 bits per heavy atom. The van der Waals surface area contributed by atoms with Gasteiger partial charge in [0.15, 0.2) is 11.5 Å². The summed E-state index contributed by atoms with van der Waals surface area (Å²) in [4.78, 5) is 12.3. The second kappa shape index (κ2) is 5.73. The largest absolute Gasteiger partial charge is 0.486 e. The van der Waals surface area contributed by atoms with Crippen LogP contribution in [0.4, 0.5) is 0 Å². The van der Waals surface area contributed by atoms with Crippen molar-refractivity contribution in [2.24, 2.45) is 5.92 Å². The predicted molar refractivity (Wildman–Crippen MR) is 76.3 cm³/mol. The van der Waals surface area contributed by atoms with Crippen LogP contribution in [-0.2, 0) is 0 Å². The van der Waals surface area contributed by atoms with Crippen LogP contribution in [-0.4, -0.2) is 25.2 Å². The Morgan fingerprint density at radius 1 is 1.20 bits per heavy atom. The zero-order valence-electron chi connectivity index (χ0n) is 11.9. The van der Waals surface area contributed by atoms with Crippen molar-refractivity contribution in [1.82, 2.24) is 5.32 Å². The van der Waals surface area contributed by atoms with Gasteiger partial charge < -0.3 is 14.8 Å². The van der Waals surface area contributed by atoms with Crippen molar-refractivity contribution < 1.29 is 14.3 Å². The van der Waals surface area contributed by atoms with E-state index in [1.165, 1.54) is 12.8 Å². The van der Waals surface area contributed by atoms with E-state index in [9.17, 15) is 4.79 Å². The number of hydrogen-bond donors (Lipinski definition) is 1. The highest BCUT2D eigenvalue weighted by molar-refractivity contribution is 5.95. The molecule has 2 aliphatic rings. The minimum Gasteiger partial charge on any atom is -0.486 e. The van der Waals surface area contributed by atoms with Gasteiger partial charge in [-0.15, -0.1) is 0 Å². The van der Waals surface area contributed by atoms with Crippen molar-refractivity contribution in [2.75, 3.05) is 13.2 Å². The summed E-state index contributed by atoms with van der Waals surface area (Å²) in [5.74, 6) is 2.08. The van der Waals surface area contributed by atoms with E-state index in [-0.39, 0.29) is 5.91 Å². The summed E-state index contributed by atoms with van der Waals surface area (Å²) >= 11 is 0. The van der Waals surface area contributed by atoms with Gasteiger partial charge in [0.1, 0.15) is 13.2 Å². The number of ether oxygens (including phenoxy) is 2. The lowest BCUT2D eigenvalue weighted by Gasteiger charge is -2.27. The Morgan fingerprint density at radius 2 is 2.00 bits per heavy atom. The Labute approximate surface area is 119 Å². The van der Waals surface area contributed by atoms with Gasteiger partial charge in [-0.1, -0.05) is 19.8 Å². The van der Waals surface area contributed by atoms with Crippen molar-refractivity contribution in [2.45, 2.75) is 38.6 Å². The fourth-order valence-corrected chi connectivity index (χ4v) is 3.02. The van der Waals surface area contributed by atoms with Crippen molar-refractivity contribution in [1.29, 1.82) is 0 Å². The number of fused-ring (bicyclic) bond motifs is 1. The van der Waals surface area contributed by atoms with Gasteiger partial charge in [-0.05, 0) is 37.0 Å². The maximum Gasteiger partial charge on any atom is 0.251 e. The number of carbonyl (C=O) groups is 1. The summed E-state index contributed by atoms with van der Waals surface area (Å²) in [5, 5.41) is 3.14. The minimum absolute atomic E-state index is 0.0129. The van der Waals surface area contributed by atoms with Gasteiger partial charge in [-0.3, -0.25) is 4.79 Å². The zero-order chi connectivity index (χ0) is 13.9. The van der Waals surface area contributed by atoms with E-state index in [1.807, 2.05) is 6.07 Å². The van der Waals surface area contributed by atoms with E-state index < -0.39 is 0 Å². The Kier molecular flexibility index (Phi) is 3.81. The molecule has 0 radical (unpaired) electrons. The second-order valence-electron chi connectivity index (χ2n) is 5.80. The van der Waals surface area contributed by atoms with Crippen LogP contribution in [0.1, 0.15) is 43.0 Å². The van der Waals surface area contributed by atoms with Gasteiger partial charge in [0.2, 0.25) is 0 Å². The third-order valence-corrected chi connectivity index (χ3v) is 4.08. The fraction of sp³-hybridized carbons (Fsp3) is 0.562. The van der Waals surface area contributed by atoms with Gasteiger partial charge in [0.25, 0.3) is 5.91 Å². The zero-order valence-corrected chi connectivity index (χ0v) is 11.9. The molecule has 20 heavy (non-hydrogen) atoms. The highest BCUT2D eigenvalue weighted by Gasteiger charge is 2.22. The smallest absolute Gasteiger partial charge is 0.251 e. The lowest BCUT2D eigenvalue weighted by Crippen LogP contribution is -2.38. The molecule has 2 unspecified atom stereocenters. The molecule has 2 atom stereocenters. The van der Waals surface area contributed by atoms with Crippen LogP contribution >= 0.6 is 0 Å². The highest BCUT2D eigenvalue weighted by Crippen LogP contribution is 2.31. The molecular weight excluding hydrogens is 254 g/mol. The molecule has 4 nitrogen and oxygen atoms in total. The maximum atomic E-state index is 12.3. The molecule has 0 spiro atoms. The lowest BCUT2D eigenvalue weighted by atomic mass is 9.87. The van der Waals surface area contributed by atoms with Gasteiger partial charge in [-0.25, -0.2) is 0 Å². The summed E-state index contributed by atoms with van der Waals surface area (Å²) in [5.41, 5.74) is 0.646. The molecular formula is C16H21NO3. The van der Waals surface area contributed by atoms with Gasteiger partial charge in [0, 0.05) is 11.6 Å². The molecule has 1 saturated carbocycles. The van der Waals surface area contributed by atoms with Gasteiger partial charge >= 0.3 is 0 Å². The number of amides is 1. The number of benzene rings is 1. The predicted octanol–water partition coefficient (Wildman–Crippen LogP) is 2.77. The molecule has 3 rings (SSSR count). The first-order valence-electron chi connectivity index (χ1n) is 7.43. The van der Waals surface area contributed by atoms with E-state index in [0.717, 1.165) is 18.6 Å². The molecule has 1 fully saturated rings. The third kappa shape index (κ3) is 2.89. The van der Waals surface area contributed by atoms with E-state index in [4.69, 9.17) is 9.47 Å². The van der Waals surface area contributed by atoms with Crippen LogP contribution in [0.15, 0.2) is 18.2 Å². The van der Waals surface area contributed by atoms with Crippen LogP contribution in [0.2, 0.25) is 0 Å². The fourth-order valence-electron chi connectivity index (χ4n) is 3.02. The summed E-state index contributed by atoms with van der Waals surface area (Å²) in [6, 6.07) is 5.69. The summed E-state index contributed by atoms with van der Waals surface area (Å²) < 4.78 is 11.0. The van der Waals surface area contributed by atoms with E-state index >= 15 is 0 Å². The van der Waals surface area contributed by atoms with Crippen molar-refractivity contribution in [3.8, 4) is 11.5 Å². The van der Waals surface area contributed by atoms with Gasteiger partial charge in [-0.2, -0.15) is 0 Å². The molecule has 1 N–H and O–H groups in total. The van der Waals surface area contributed by atoms with Gasteiger partial charge in [0.05, 0.1) is 0 Å². The Bertz CT molecular complexity index is 500. The Hall–Kier alpha value is -1.71. The Balaban J connectivity index is 1.67. The number of nitrogens with one attached hydrogen (secondary N) is 1. The van der Waals surface area contributed by atoms with E-state index in [2.05, 4.69) is 12.2 Å². The number of hydrogen-bond acceptors (Lipinski definition) is 3. The van der Waals surface area contributed by atoms with E-state index in [0.29, 0.717) is 36.5 Å². The first-order chi connectivity index (χ1) is 9.72. The molecule has 1 aromatic rings. The van der Waals surface area contributed by atoms with E-state index in [1.54, 1.807) is 12.1 Å². The van der Waals surface area contributed by atoms with Crippen LogP contribution in [0.25, 0.3) is 0 Å². The van der Waals surface area contributed by atoms with Crippen LogP contribution in [0.5, 0.6) is 11.5 Å². The first kappa shape index (κ1) is 13.3. The first-order valence-corrected chi connectivity index (χ1v) is 7.43. The van der Waals surface area contributed by atoms with Crippen molar-refractivity contribution in [3.05, 3.63) is 23.8 Å². The number of carbonyl (C=O) groups excluding carboxylic acids is 1. The molecule has 108 valence electrons. The lowest BCUT2D eigenvalue weighted by molar-refractivity contribution is 0.0920. The molecule has 0 saturated heterocycles. The molecule has 0 aromatic heterocycles. The minimum atomic E-state index is -0.0129. The quantitative estimate of drug-likeness (QED) is 0.902. The average Bonchev–Trinajstić information content (AvgIpc) is 2.47. The highest BCUT2D eigenvalue weighted by atomic mass is 16.6. The molecule has 1 amide bonds. The SMILES string of the molecule is CC1CCCC(NC(=O)c2ccc3c(c2)OCCO3)C1. The van der Waals surface area contributed by atoms with Crippen molar-refractivity contribution in [3.63, 3.8) is 0 Å². The summed E-state index contributed by atoms with van der Waals surface area (Å²) in [6.07, 6.45) is 4.64. The molecule has 1 aliphatic carbocycles. The average molecular weight is 275 g/mol. The molecule has 4 heteroatoms. The standard InChI is InChI=1S/C16H21NO3/c1-11-3-2-4-13(9-11)17-16(18)12-5-6-14-15(10-12)20-8-7-19-14/h5-6,10-11,13H,2-4,7-9H2,1H3,(H,17,18). The monoisotopic (exact) mass is 275 g/mol. The topological polar surface area (TPSA) is 47.6 Å². The second-order valence-corrected chi connectivity index (χ2v) is 5.80. The van der Waals surface area contributed by atoms with Crippen LogP contribution in [0, 0.1) is 5.92 Å². The molecule has 1 aromatic carbocycles.